The number of rotatable bonds is 9. The van der Waals surface area contributed by atoms with E-state index >= 15 is 0 Å². The lowest BCUT2D eigenvalue weighted by molar-refractivity contribution is -0.122. The van der Waals surface area contributed by atoms with Crippen LogP contribution in [0.2, 0.25) is 0 Å². The van der Waals surface area contributed by atoms with Crippen LogP contribution in [0.25, 0.3) is 0 Å². The second-order valence-electron chi connectivity index (χ2n) is 5.68. The van der Waals surface area contributed by atoms with Gasteiger partial charge in [0.15, 0.2) is 5.11 Å². The van der Waals surface area contributed by atoms with E-state index in [4.69, 9.17) is 51.8 Å². The molecule has 1 atom stereocenters. The molecule has 0 saturated heterocycles. The highest BCUT2D eigenvalue weighted by molar-refractivity contribution is 7.80. The largest absolute Gasteiger partial charge is 0.497 e. The van der Waals surface area contributed by atoms with Crippen molar-refractivity contribution in [1.82, 2.24) is 10.6 Å². The maximum absolute atomic E-state index is 12.1. The van der Waals surface area contributed by atoms with Crippen LogP contribution < -0.4 is 20.7 Å². The lowest BCUT2D eigenvalue weighted by Gasteiger charge is -2.27. The number of carbonyl (C=O) groups is 1. The standard InChI is InChI=1S/C17H24Cl3N3O2S/c1-3-4-5-6-7-14(24)22-15(17(18,19)20)23-16(26)21-12-8-10-13(25-2)11-9-12/h8-11,15H,3-7H2,1-2H3,(H,22,24)(H2,21,23,26)/t15-/m1/s1. The van der Waals surface area contributed by atoms with E-state index in [1.807, 2.05) is 0 Å². The van der Waals surface area contributed by atoms with Crippen LogP contribution in [0.5, 0.6) is 5.75 Å². The Bertz CT molecular complexity index is 580. The fourth-order valence-electron chi connectivity index (χ4n) is 2.12. The molecule has 0 unspecified atom stereocenters. The van der Waals surface area contributed by atoms with Crippen LogP contribution in [-0.2, 0) is 4.79 Å². The van der Waals surface area contributed by atoms with Crippen LogP contribution in [0.4, 0.5) is 5.69 Å². The van der Waals surface area contributed by atoms with Gasteiger partial charge in [-0.2, -0.15) is 0 Å². The molecule has 146 valence electrons. The maximum Gasteiger partial charge on any atom is 0.228 e. The molecule has 1 amide bonds. The molecule has 0 spiro atoms. The summed E-state index contributed by atoms with van der Waals surface area (Å²) in [7, 11) is 1.59. The van der Waals surface area contributed by atoms with Crippen molar-refractivity contribution >= 4 is 63.7 Å². The summed E-state index contributed by atoms with van der Waals surface area (Å²) in [5.41, 5.74) is 0.734. The molecule has 0 aliphatic rings. The predicted octanol–water partition coefficient (Wildman–Crippen LogP) is 4.76. The second kappa shape index (κ2) is 11.7. The molecule has 0 aliphatic carbocycles. The molecule has 1 aromatic carbocycles. The van der Waals surface area contributed by atoms with Gasteiger partial charge < -0.3 is 20.7 Å². The normalized spacial score (nSPS) is 12.2. The number of benzene rings is 1. The van der Waals surface area contributed by atoms with Gasteiger partial charge in [-0.1, -0.05) is 61.0 Å². The van der Waals surface area contributed by atoms with Gasteiger partial charge in [-0.25, -0.2) is 0 Å². The van der Waals surface area contributed by atoms with Crippen molar-refractivity contribution in [2.45, 2.75) is 49.0 Å². The lowest BCUT2D eigenvalue weighted by Crippen LogP contribution is -2.56. The molecule has 0 aromatic heterocycles. The summed E-state index contributed by atoms with van der Waals surface area (Å²) in [4.78, 5) is 12.1. The van der Waals surface area contributed by atoms with Gasteiger partial charge in [0.1, 0.15) is 11.9 Å². The van der Waals surface area contributed by atoms with Crippen LogP contribution in [-0.4, -0.2) is 28.1 Å². The van der Waals surface area contributed by atoms with Crippen LogP contribution in [0.15, 0.2) is 24.3 Å². The smallest absolute Gasteiger partial charge is 0.228 e. The van der Waals surface area contributed by atoms with Crippen LogP contribution in [0, 0.1) is 0 Å². The van der Waals surface area contributed by atoms with Crippen molar-refractivity contribution < 1.29 is 9.53 Å². The zero-order valence-electron chi connectivity index (χ0n) is 14.8. The molecule has 0 saturated carbocycles. The van der Waals surface area contributed by atoms with Crippen LogP contribution >= 0.6 is 47.0 Å². The fourth-order valence-corrected chi connectivity index (χ4v) is 2.68. The Morgan fingerprint density at radius 3 is 2.35 bits per heavy atom. The van der Waals surface area contributed by atoms with E-state index in [0.717, 1.165) is 37.1 Å². The lowest BCUT2D eigenvalue weighted by atomic mass is 10.1. The number of halogens is 3. The van der Waals surface area contributed by atoms with E-state index < -0.39 is 9.96 Å². The number of ether oxygens (including phenoxy) is 1. The van der Waals surface area contributed by atoms with Gasteiger partial charge in [0.25, 0.3) is 0 Å². The molecule has 3 N–H and O–H groups in total. The van der Waals surface area contributed by atoms with Gasteiger partial charge >= 0.3 is 0 Å². The first-order valence-corrected chi connectivity index (χ1v) is 9.88. The molecule has 1 aromatic rings. The summed E-state index contributed by atoms with van der Waals surface area (Å²) >= 11 is 23.1. The monoisotopic (exact) mass is 439 g/mol. The molecule has 0 bridgehead atoms. The van der Waals surface area contributed by atoms with Crippen LogP contribution in [0.1, 0.15) is 39.0 Å². The number of anilines is 1. The molecule has 9 heteroatoms. The summed E-state index contributed by atoms with van der Waals surface area (Å²) in [6.45, 7) is 2.11. The van der Waals surface area contributed by atoms with Crippen molar-refractivity contribution in [3.05, 3.63) is 24.3 Å². The fraction of sp³-hybridized carbons (Fsp3) is 0.529. The maximum atomic E-state index is 12.1. The number of methoxy groups -OCH3 is 1. The van der Waals surface area contributed by atoms with Crippen molar-refractivity contribution in [3.63, 3.8) is 0 Å². The molecule has 0 fully saturated rings. The zero-order chi connectivity index (χ0) is 19.6. The summed E-state index contributed by atoms with van der Waals surface area (Å²) in [6, 6.07) is 7.16. The van der Waals surface area contributed by atoms with Gasteiger partial charge in [0, 0.05) is 12.1 Å². The number of alkyl halides is 3. The number of amides is 1. The minimum Gasteiger partial charge on any atom is -0.497 e. The second-order valence-corrected chi connectivity index (χ2v) is 8.46. The van der Waals surface area contributed by atoms with E-state index in [1.165, 1.54) is 0 Å². The third-order valence-corrected chi connectivity index (χ3v) is 4.39. The Labute approximate surface area is 175 Å². The highest BCUT2D eigenvalue weighted by Gasteiger charge is 2.34. The summed E-state index contributed by atoms with van der Waals surface area (Å²) in [5, 5.41) is 8.69. The predicted molar refractivity (Wildman–Crippen MR) is 113 cm³/mol. The Balaban J connectivity index is 2.57. The SMILES string of the molecule is CCCCCCC(=O)N[C@H](NC(=S)Nc1ccc(OC)cc1)C(Cl)(Cl)Cl. The molecule has 0 heterocycles. The van der Waals surface area contributed by atoms with Crippen LogP contribution in [0.3, 0.4) is 0 Å². The Morgan fingerprint density at radius 1 is 1.15 bits per heavy atom. The third kappa shape index (κ3) is 9.12. The highest BCUT2D eigenvalue weighted by Crippen LogP contribution is 2.29. The average Bonchev–Trinajstić information content (AvgIpc) is 2.58. The van der Waals surface area contributed by atoms with Gasteiger partial charge in [0.05, 0.1) is 7.11 Å². The van der Waals surface area contributed by atoms with E-state index in [-0.39, 0.29) is 11.0 Å². The molecular formula is C17H24Cl3N3O2S. The Kier molecular flexibility index (Phi) is 10.4. The van der Waals surface area contributed by atoms with E-state index in [9.17, 15) is 4.79 Å². The van der Waals surface area contributed by atoms with Gasteiger partial charge in [-0.3, -0.25) is 4.79 Å². The number of hydrogen-bond donors (Lipinski definition) is 3. The molecular weight excluding hydrogens is 417 g/mol. The Morgan fingerprint density at radius 2 is 1.81 bits per heavy atom. The van der Waals surface area contributed by atoms with E-state index in [2.05, 4.69) is 22.9 Å². The topological polar surface area (TPSA) is 62.4 Å². The Hall–Kier alpha value is -0.950. The van der Waals surface area contributed by atoms with Crippen molar-refractivity contribution in [1.29, 1.82) is 0 Å². The molecule has 26 heavy (non-hydrogen) atoms. The molecule has 0 aliphatic heterocycles. The first-order valence-electron chi connectivity index (χ1n) is 8.34. The average molecular weight is 441 g/mol. The quantitative estimate of drug-likeness (QED) is 0.223. The third-order valence-electron chi connectivity index (χ3n) is 3.51. The number of thiocarbonyl (C=S) groups is 1. The number of hydrogen-bond acceptors (Lipinski definition) is 3. The first kappa shape index (κ1) is 23.1. The van der Waals surface area contributed by atoms with Gasteiger partial charge in [-0.05, 0) is 42.9 Å². The van der Waals surface area contributed by atoms with Crippen molar-refractivity contribution in [2.75, 3.05) is 12.4 Å². The van der Waals surface area contributed by atoms with Crippen molar-refractivity contribution in [3.8, 4) is 5.75 Å². The summed E-state index contributed by atoms with van der Waals surface area (Å²) in [5.74, 6) is 0.529. The van der Waals surface area contributed by atoms with Gasteiger partial charge in [0.2, 0.25) is 9.70 Å². The number of unbranched alkanes of at least 4 members (excludes halogenated alkanes) is 3. The summed E-state index contributed by atoms with van der Waals surface area (Å²) < 4.78 is 3.34. The number of nitrogens with one attached hydrogen (secondary N) is 3. The van der Waals surface area contributed by atoms with Crippen molar-refractivity contribution in [2.24, 2.45) is 0 Å². The molecule has 0 radical (unpaired) electrons. The minimum atomic E-state index is -1.76. The summed E-state index contributed by atoms with van der Waals surface area (Å²) in [6.07, 6.45) is 3.40. The first-order chi connectivity index (χ1) is 12.3. The number of carbonyl (C=O) groups excluding carboxylic acids is 1. The minimum absolute atomic E-state index is 0.197. The zero-order valence-corrected chi connectivity index (χ0v) is 17.9. The van der Waals surface area contributed by atoms with E-state index in [1.54, 1.807) is 31.4 Å². The molecule has 1 rings (SSSR count). The molecule has 5 nitrogen and oxygen atoms in total. The highest BCUT2D eigenvalue weighted by atomic mass is 35.6. The van der Waals surface area contributed by atoms with Gasteiger partial charge in [-0.15, -0.1) is 0 Å². The van der Waals surface area contributed by atoms with E-state index in [0.29, 0.717) is 6.42 Å².